The van der Waals surface area contributed by atoms with Crippen molar-refractivity contribution in [2.24, 2.45) is 11.0 Å². The van der Waals surface area contributed by atoms with Crippen LogP contribution in [0.2, 0.25) is 0 Å². The van der Waals surface area contributed by atoms with E-state index in [0.29, 0.717) is 23.8 Å². The Bertz CT molecular complexity index is 849. The van der Waals surface area contributed by atoms with E-state index in [0.717, 1.165) is 12.8 Å². The van der Waals surface area contributed by atoms with E-state index in [4.69, 9.17) is 27.6 Å². The van der Waals surface area contributed by atoms with E-state index in [1.54, 1.807) is 24.3 Å². The minimum Gasteiger partial charge on any atom is -0.491 e. The van der Waals surface area contributed by atoms with Crippen LogP contribution < -0.4 is 15.4 Å². The molecule has 0 heterocycles. The summed E-state index contributed by atoms with van der Waals surface area (Å²) in [6.45, 7) is 5.02. The van der Waals surface area contributed by atoms with Gasteiger partial charge in [-0.3, -0.25) is 9.59 Å². The SMILES string of the molecule is [B]C#CCNC(=O)COCCOC(COc1cccc(C(=O)NCCCC(C)C)c1)N=[N+]=[N-]. The number of nitrogens with zero attached hydrogens (tertiary/aromatic N) is 3. The maximum absolute atomic E-state index is 12.3. The molecule has 2 N–H and O–H groups in total. The van der Waals surface area contributed by atoms with Gasteiger partial charge < -0.3 is 24.8 Å². The summed E-state index contributed by atoms with van der Waals surface area (Å²) >= 11 is 0. The number of hydrogen-bond acceptors (Lipinski definition) is 6. The lowest BCUT2D eigenvalue weighted by Gasteiger charge is -2.14. The van der Waals surface area contributed by atoms with E-state index in [-0.39, 0.29) is 44.8 Å². The van der Waals surface area contributed by atoms with Crippen molar-refractivity contribution in [2.75, 3.05) is 39.5 Å². The summed E-state index contributed by atoms with van der Waals surface area (Å²) in [4.78, 5) is 26.5. The number of nitrogens with one attached hydrogen (secondary N) is 2. The van der Waals surface area contributed by atoms with Gasteiger partial charge in [0.1, 0.15) is 19.0 Å². The van der Waals surface area contributed by atoms with Crippen LogP contribution in [0.15, 0.2) is 29.4 Å². The molecule has 11 heteroatoms. The molecule has 2 radical (unpaired) electrons. The lowest BCUT2D eigenvalue weighted by atomic mass is 10.1. The molecule has 1 unspecified atom stereocenters. The van der Waals surface area contributed by atoms with E-state index in [2.05, 4.69) is 46.2 Å². The summed E-state index contributed by atoms with van der Waals surface area (Å²) in [6.07, 6.45) is 1.06. The van der Waals surface area contributed by atoms with Gasteiger partial charge in [-0.1, -0.05) is 30.9 Å². The molecule has 0 bridgehead atoms. The lowest BCUT2D eigenvalue weighted by Crippen LogP contribution is -2.29. The first-order chi connectivity index (χ1) is 16.0. The minimum atomic E-state index is -0.902. The van der Waals surface area contributed by atoms with Gasteiger partial charge in [-0.25, -0.2) is 0 Å². The fraction of sp³-hybridized carbons (Fsp3) is 0.545. The van der Waals surface area contributed by atoms with Crippen molar-refractivity contribution in [1.29, 1.82) is 0 Å². The van der Waals surface area contributed by atoms with E-state index in [1.807, 2.05) is 0 Å². The topological polar surface area (TPSA) is 135 Å². The first kappa shape index (κ1) is 27.8. The molecule has 1 aromatic carbocycles. The summed E-state index contributed by atoms with van der Waals surface area (Å²) in [5.74, 6) is 5.19. The summed E-state index contributed by atoms with van der Waals surface area (Å²) in [6, 6.07) is 6.71. The zero-order chi connectivity index (χ0) is 24.3. The van der Waals surface area contributed by atoms with Crippen molar-refractivity contribution in [2.45, 2.75) is 32.9 Å². The van der Waals surface area contributed by atoms with Crippen molar-refractivity contribution in [3.63, 3.8) is 0 Å². The lowest BCUT2D eigenvalue weighted by molar-refractivity contribution is -0.126. The molecule has 176 valence electrons. The first-order valence-electron chi connectivity index (χ1n) is 10.7. The molecule has 33 heavy (non-hydrogen) atoms. The van der Waals surface area contributed by atoms with Gasteiger partial charge in [-0.05, 0) is 42.5 Å². The molecule has 1 aromatic rings. The highest BCUT2D eigenvalue weighted by Crippen LogP contribution is 2.14. The van der Waals surface area contributed by atoms with Gasteiger partial charge >= 0.3 is 0 Å². The molecule has 0 saturated carbocycles. The molecule has 0 aliphatic heterocycles. The zero-order valence-electron chi connectivity index (χ0n) is 19.1. The van der Waals surface area contributed by atoms with E-state index in [9.17, 15) is 9.59 Å². The standard InChI is InChI=1S/C22H30BN5O5/c1-17(2)6-4-10-26-22(30)18-7-3-8-19(14-18)33-16-21(27-28-24)32-13-12-31-15-20(29)25-11-5-9-23/h3,7-8,14,17,21H,4,6,10-13,15-16H2,1-2H3,(H,25,29)(H,26,30). The molecule has 1 rings (SSSR count). The fourth-order valence-corrected chi connectivity index (χ4v) is 2.53. The van der Waals surface area contributed by atoms with Gasteiger partial charge in [0.15, 0.2) is 14.1 Å². The maximum Gasteiger partial charge on any atom is 0.251 e. The molecule has 0 spiro atoms. The van der Waals surface area contributed by atoms with E-state index < -0.39 is 6.23 Å². The molecular weight excluding hydrogens is 425 g/mol. The minimum absolute atomic E-state index is 0.0538. The molecule has 2 amide bonds. The van der Waals surface area contributed by atoms with Gasteiger partial charge in [0.2, 0.25) is 5.91 Å². The monoisotopic (exact) mass is 455 g/mol. The number of rotatable bonds is 16. The second-order valence-electron chi connectivity index (χ2n) is 7.31. The van der Waals surface area contributed by atoms with Gasteiger partial charge in [0, 0.05) is 17.0 Å². The Kier molecular flexibility index (Phi) is 14.7. The first-order valence-corrected chi connectivity index (χ1v) is 10.7. The van der Waals surface area contributed by atoms with Crippen LogP contribution in [-0.2, 0) is 14.3 Å². The van der Waals surface area contributed by atoms with Crippen LogP contribution in [0.25, 0.3) is 10.4 Å². The highest BCUT2D eigenvalue weighted by Gasteiger charge is 2.11. The Labute approximate surface area is 195 Å². The number of hydrogen-bond donors (Lipinski definition) is 2. The summed E-state index contributed by atoms with van der Waals surface area (Å²) in [7, 11) is 5.00. The van der Waals surface area contributed by atoms with Crippen molar-refractivity contribution >= 4 is 19.7 Å². The largest absolute Gasteiger partial charge is 0.491 e. The molecule has 1 atom stereocenters. The summed E-state index contributed by atoms with van der Waals surface area (Å²) in [5.41, 5.74) is 9.21. The molecule has 0 saturated heterocycles. The second kappa shape index (κ2) is 17.4. The Morgan fingerprint density at radius 2 is 2.09 bits per heavy atom. The second-order valence-corrected chi connectivity index (χ2v) is 7.31. The summed E-state index contributed by atoms with van der Waals surface area (Å²) < 4.78 is 16.2. The van der Waals surface area contributed by atoms with Crippen molar-refractivity contribution in [3.8, 4) is 17.5 Å². The molecule has 10 nitrogen and oxygen atoms in total. The zero-order valence-corrected chi connectivity index (χ0v) is 19.1. The molecule has 0 aliphatic rings. The number of benzene rings is 1. The number of carbonyl (C=O) groups is 2. The van der Waals surface area contributed by atoms with Crippen LogP contribution >= 0.6 is 0 Å². The highest BCUT2D eigenvalue weighted by atomic mass is 16.6. The average molecular weight is 455 g/mol. The molecule has 0 aliphatic carbocycles. The van der Waals surface area contributed by atoms with E-state index in [1.165, 1.54) is 0 Å². The quantitative estimate of drug-likeness (QED) is 0.0984. The Hall–Kier alpha value is -3.19. The Balaban J connectivity index is 2.39. The van der Waals surface area contributed by atoms with Crippen LogP contribution in [0.3, 0.4) is 0 Å². The third-order valence-electron chi connectivity index (χ3n) is 4.16. The third kappa shape index (κ3) is 13.8. The smallest absolute Gasteiger partial charge is 0.251 e. The highest BCUT2D eigenvalue weighted by molar-refractivity contribution is 6.22. The van der Waals surface area contributed by atoms with Crippen LogP contribution in [0.5, 0.6) is 5.75 Å². The van der Waals surface area contributed by atoms with Crippen molar-refractivity contribution in [3.05, 3.63) is 40.3 Å². The number of azide groups is 1. The van der Waals surface area contributed by atoms with Gasteiger partial charge in [-0.15, -0.1) is 0 Å². The van der Waals surface area contributed by atoms with Crippen molar-refractivity contribution in [1.82, 2.24) is 10.6 Å². The van der Waals surface area contributed by atoms with E-state index >= 15 is 0 Å². The third-order valence-corrected chi connectivity index (χ3v) is 4.16. The Morgan fingerprint density at radius 1 is 1.27 bits per heavy atom. The fourth-order valence-electron chi connectivity index (χ4n) is 2.53. The van der Waals surface area contributed by atoms with Crippen LogP contribution in [0.4, 0.5) is 0 Å². The predicted molar refractivity (Wildman–Crippen MR) is 125 cm³/mol. The van der Waals surface area contributed by atoms with Crippen molar-refractivity contribution < 1.29 is 23.8 Å². The molecule has 0 aromatic heterocycles. The Morgan fingerprint density at radius 3 is 2.82 bits per heavy atom. The van der Waals surface area contributed by atoms with Gasteiger partial charge in [0.05, 0.1) is 19.8 Å². The van der Waals surface area contributed by atoms with Crippen LogP contribution in [0, 0.1) is 17.7 Å². The molecule has 0 fully saturated rings. The van der Waals surface area contributed by atoms with Gasteiger partial charge in [0.25, 0.3) is 5.91 Å². The summed E-state index contributed by atoms with van der Waals surface area (Å²) in [5, 5.41) is 8.92. The molecular formula is C22H30BN5O5. The predicted octanol–water partition coefficient (Wildman–Crippen LogP) is 2.15. The van der Waals surface area contributed by atoms with Crippen LogP contribution in [-0.4, -0.2) is 65.4 Å². The average Bonchev–Trinajstić information content (AvgIpc) is 2.80. The van der Waals surface area contributed by atoms with Crippen LogP contribution in [0.1, 0.15) is 37.0 Å². The number of amides is 2. The normalized spacial score (nSPS) is 11.0. The number of carbonyl (C=O) groups excluding carboxylic acids is 2. The number of ether oxygens (including phenoxy) is 3. The van der Waals surface area contributed by atoms with Gasteiger partial charge in [-0.2, -0.15) is 5.82 Å². The maximum atomic E-state index is 12.3.